The van der Waals surface area contributed by atoms with Crippen LogP contribution < -0.4 is 10.4 Å². The molecule has 3 aromatic rings. The Morgan fingerprint density at radius 1 is 1.02 bits per heavy atom. The summed E-state index contributed by atoms with van der Waals surface area (Å²) < 4.78 is 30.3. The van der Waals surface area contributed by atoms with E-state index in [9.17, 15) is 24.3 Å². The van der Waals surface area contributed by atoms with Gasteiger partial charge in [0.05, 0.1) is 11.7 Å². The lowest BCUT2D eigenvalue weighted by molar-refractivity contribution is -0.266. The van der Waals surface area contributed by atoms with Crippen LogP contribution in [-0.4, -0.2) is 52.4 Å². The second-order valence-electron chi connectivity index (χ2n) is 14.3. The fraction of sp³-hybridized carbons (Fsp3) is 0.500. The molecule has 8 atom stereocenters. The van der Waals surface area contributed by atoms with Crippen molar-refractivity contribution in [3.63, 3.8) is 0 Å². The van der Waals surface area contributed by atoms with Gasteiger partial charge in [-0.05, 0) is 73.8 Å². The molecule has 0 saturated heterocycles. The zero-order valence-corrected chi connectivity index (χ0v) is 28.7. The highest BCUT2D eigenvalue weighted by Crippen LogP contribution is 2.67. The maximum Gasteiger partial charge on any atom is 0.345 e. The summed E-state index contributed by atoms with van der Waals surface area (Å²) >= 11 is 0. The van der Waals surface area contributed by atoms with Crippen molar-refractivity contribution in [3.05, 3.63) is 82.0 Å². The molecule has 1 N–H and O–H groups in total. The van der Waals surface area contributed by atoms with Crippen LogP contribution in [0.4, 0.5) is 0 Å². The summed E-state index contributed by atoms with van der Waals surface area (Å²) in [6.07, 6.45) is 2.11. The molecular formula is C38H43NO10. The Hall–Kier alpha value is -4.51. The number of ether oxygens (including phenoxy) is 4. The summed E-state index contributed by atoms with van der Waals surface area (Å²) in [6.45, 7) is 10.3. The molecule has 2 aromatic heterocycles. The quantitative estimate of drug-likeness (QED) is 0.246. The molecule has 11 nitrogen and oxygen atoms in total. The minimum Gasteiger partial charge on any atom is -0.482 e. The van der Waals surface area contributed by atoms with E-state index in [1.165, 1.54) is 13.8 Å². The second-order valence-corrected chi connectivity index (χ2v) is 14.3. The predicted octanol–water partition coefficient (Wildman–Crippen LogP) is 5.61. The smallest absolute Gasteiger partial charge is 0.345 e. The maximum absolute atomic E-state index is 13.8. The van der Waals surface area contributed by atoms with E-state index in [0.29, 0.717) is 24.0 Å². The van der Waals surface area contributed by atoms with Crippen molar-refractivity contribution < 1.29 is 42.9 Å². The molecule has 0 amide bonds. The van der Waals surface area contributed by atoms with Crippen LogP contribution in [0.5, 0.6) is 5.75 Å². The van der Waals surface area contributed by atoms with Crippen molar-refractivity contribution in [2.75, 3.05) is 6.61 Å². The van der Waals surface area contributed by atoms with Gasteiger partial charge in [-0.15, -0.1) is 0 Å². The summed E-state index contributed by atoms with van der Waals surface area (Å²) in [5, 5.41) is 12.3. The lowest BCUT2D eigenvalue weighted by Crippen LogP contribution is -2.71. The molecule has 2 aliphatic carbocycles. The van der Waals surface area contributed by atoms with Gasteiger partial charge in [0.1, 0.15) is 41.5 Å². The molecule has 3 aliphatic rings. The van der Waals surface area contributed by atoms with E-state index >= 15 is 0 Å². The SMILES string of the molecule is CCc1ccc(C(=O)O[C@H]2CC3C(C)(COC(C)=O)[C@@H](OC(C)=O)CC[C@]3(C)C3[C@@H](O)c4c(cc(-c5cccnc5)oc4=O)O[C@@]32C)cc1. The molecule has 2 saturated carbocycles. The van der Waals surface area contributed by atoms with Crippen LogP contribution in [0.2, 0.25) is 0 Å². The number of esters is 3. The number of nitrogens with zero attached hydrogens (tertiary/aromatic N) is 1. The van der Waals surface area contributed by atoms with Crippen molar-refractivity contribution in [1.82, 2.24) is 4.98 Å². The van der Waals surface area contributed by atoms with Gasteiger partial charge in [-0.2, -0.15) is 0 Å². The number of hydrogen-bond donors (Lipinski definition) is 1. The van der Waals surface area contributed by atoms with Crippen molar-refractivity contribution in [1.29, 1.82) is 0 Å². The Morgan fingerprint density at radius 3 is 2.39 bits per heavy atom. The average Bonchev–Trinajstić information content (AvgIpc) is 3.06. The van der Waals surface area contributed by atoms with Gasteiger partial charge in [0.15, 0.2) is 0 Å². The van der Waals surface area contributed by atoms with E-state index in [-0.39, 0.29) is 30.1 Å². The first kappa shape index (κ1) is 34.4. The van der Waals surface area contributed by atoms with Gasteiger partial charge >= 0.3 is 23.5 Å². The Morgan fingerprint density at radius 2 is 1.76 bits per heavy atom. The van der Waals surface area contributed by atoms with Crippen LogP contribution in [0.1, 0.15) is 88.4 Å². The fourth-order valence-corrected chi connectivity index (χ4v) is 8.91. The minimum atomic E-state index is -1.38. The second kappa shape index (κ2) is 12.7. The largest absolute Gasteiger partial charge is 0.482 e. The number of aliphatic hydroxyl groups is 1. The highest BCUT2D eigenvalue weighted by molar-refractivity contribution is 5.89. The highest BCUT2D eigenvalue weighted by Gasteiger charge is 2.71. The van der Waals surface area contributed by atoms with Crippen molar-refractivity contribution >= 4 is 17.9 Å². The van der Waals surface area contributed by atoms with Crippen LogP contribution in [0.25, 0.3) is 11.3 Å². The van der Waals surface area contributed by atoms with Gasteiger partial charge < -0.3 is 28.5 Å². The van der Waals surface area contributed by atoms with Crippen LogP contribution in [0.15, 0.2) is 64.1 Å². The molecular weight excluding hydrogens is 630 g/mol. The zero-order valence-electron chi connectivity index (χ0n) is 28.7. The molecule has 1 aromatic carbocycles. The normalized spacial score (nSPS) is 31.6. The number of rotatable bonds is 7. The van der Waals surface area contributed by atoms with Crippen LogP contribution in [0, 0.1) is 22.7 Å². The van der Waals surface area contributed by atoms with Gasteiger partial charge in [0.2, 0.25) is 0 Å². The first-order valence-corrected chi connectivity index (χ1v) is 16.8. The molecule has 6 rings (SSSR count). The van der Waals surface area contributed by atoms with Crippen LogP contribution in [-0.2, 0) is 30.2 Å². The minimum absolute atomic E-state index is 0.0268. The summed E-state index contributed by atoms with van der Waals surface area (Å²) in [4.78, 5) is 56.1. The lowest BCUT2D eigenvalue weighted by atomic mass is 9.42. The number of pyridine rings is 1. The van der Waals surface area contributed by atoms with E-state index in [0.717, 1.165) is 12.0 Å². The molecule has 2 fully saturated rings. The third-order valence-corrected chi connectivity index (χ3v) is 11.3. The summed E-state index contributed by atoms with van der Waals surface area (Å²) in [7, 11) is 0. The lowest BCUT2D eigenvalue weighted by Gasteiger charge is -2.66. The Kier molecular flexibility index (Phi) is 8.94. The standard InChI is InChI=1S/C38H43NO10/c1-7-23-10-12-24(13-11-23)34(43)48-30-18-28-36(4,15-14-29(46-22(3)41)37(28,5)20-45-21(2)40)33-32(42)31-27(49-38(30,33)6)17-26(47-35(31)44)25-9-8-16-39-19-25/h8-13,16-17,19,28-30,32-33,42H,7,14-15,18,20H2,1-6H3/t28?,29-,30-,32-,33?,36-,37?,38+/m0/s1. The van der Waals surface area contributed by atoms with E-state index in [1.807, 2.05) is 39.8 Å². The number of benzene rings is 1. The zero-order chi connectivity index (χ0) is 35.3. The number of hydrogen-bond acceptors (Lipinski definition) is 11. The number of aromatic nitrogens is 1. The third kappa shape index (κ3) is 5.92. The fourth-order valence-electron chi connectivity index (χ4n) is 8.91. The molecule has 0 bridgehead atoms. The van der Waals surface area contributed by atoms with Gasteiger partial charge in [-0.3, -0.25) is 14.6 Å². The molecule has 1 aliphatic heterocycles. The van der Waals surface area contributed by atoms with E-state index in [4.69, 9.17) is 23.4 Å². The number of carbonyl (C=O) groups is 3. The molecule has 260 valence electrons. The van der Waals surface area contributed by atoms with E-state index in [1.54, 1.807) is 42.7 Å². The van der Waals surface area contributed by atoms with Crippen molar-refractivity contribution in [3.8, 4) is 17.1 Å². The third-order valence-electron chi connectivity index (χ3n) is 11.3. The molecule has 0 spiro atoms. The van der Waals surface area contributed by atoms with Crippen LogP contribution in [0.3, 0.4) is 0 Å². The monoisotopic (exact) mass is 673 g/mol. The number of aliphatic hydroxyl groups excluding tert-OH is 1. The van der Waals surface area contributed by atoms with Gasteiger partial charge in [-0.25, -0.2) is 9.59 Å². The molecule has 49 heavy (non-hydrogen) atoms. The molecule has 0 radical (unpaired) electrons. The van der Waals surface area contributed by atoms with Gasteiger partial charge in [-0.1, -0.05) is 32.9 Å². The topological polar surface area (TPSA) is 151 Å². The molecule has 3 heterocycles. The average molecular weight is 674 g/mol. The number of fused-ring (bicyclic) bond motifs is 4. The Labute approximate surface area is 284 Å². The summed E-state index contributed by atoms with van der Waals surface area (Å²) in [6, 6.07) is 12.2. The summed E-state index contributed by atoms with van der Waals surface area (Å²) in [5.74, 6) is -2.42. The van der Waals surface area contributed by atoms with Crippen molar-refractivity contribution in [2.45, 2.75) is 91.1 Å². The Balaban J connectivity index is 1.49. The van der Waals surface area contributed by atoms with Crippen LogP contribution >= 0.6 is 0 Å². The maximum atomic E-state index is 13.8. The highest BCUT2D eigenvalue weighted by atomic mass is 16.6. The first-order valence-electron chi connectivity index (χ1n) is 16.8. The van der Waals surface area contributed by atoms with E-state index in [2.05, 4.69) is 4.98 Å². The summed E-state index contributed by atoms with van der Waals surface area (Å²) in [5.41, 5.74) is -1.87. The van der Waals surface area contributed by atoms with Gasteiger partial charge in [0.25, 0.3) is 0 Å². The predicted molar refractivity (Wildman–Crippen MR) is 176 cm³/mol. The molecule has 3 unspecified atom stereocenters. The molecule has 11 heteroatoms. The number of carbonyl (C=O) groups excluding carboxylic acids is 3. The Bertz CT molecular complexity index is 1810. The van der Waals surface area contributed by atoms with Crippen molar-refractivity contribution in [2.24, 2.45) is 22.7 Å². The number of aryl methyl sites for hydroxylation is 1. The van der Waals surface area contributed by atoms with E-state index < -0.39 is 70.1 Å². The first-order chi connectivity index (χ1) is 23.2. The van der Waals surface area contributed by atoms with Gasteiger partial charge in [0, 0.05) is 49.2 Å².